The number of H-pyrrole nitrogens is 1. The number of hydrogen-bond acceptors (Lipinski definition) is 1. The number of aromatic nitrogens is 1. The van der Waals surface area contributed by atoms with E-state index in [-0.39, 0.29) is 10.6 Å². The highest BCUT2D eigenvalue weighted by atomic mass is 79.9. The van der Waals surface area contributed by atoms with Gasteiger partial charge in [-0.3, -0.25) is 4.79 Å². The van der Waals surface area contributed by atoms with Crippen LogP contribution in [0.25, 0.3) is 10.9 Å². The van der Waals surface area contributed by atoms with Crippen LogP contribution in [0.4, 0.5) is 0 Å². The van der Waals surface area contributed by atoms with Gasteiger partial charge in [0.25, 0.3) is 0 Å². The standard InChI is InChI=1S/C12H11Br2NO/c1-6(13)12(16)11-7(2)15-10-4-3-8(14)5-9(10)11/h3-6,15H,1-2H3/t6-/m0/s1. The van der Waals surface area contributed by atoms with Gasteiger partial charge in [0, 0.05) is 26.6 Å². The average molecular weight is 345 g/mol. The molecule has 1 aromatic carbocycles. The number of Topliss-reactive ketones (excluding diaryl/α,β-unsaturated/α-hetero) is 1. The van der Waals surface area contributed by atoms with Gasteiger partial charge in [-0.15, -0.1) is 0 Å². The molecule has 0 spiro atoms. The lowest BCUT2D eigenvalue weighted by atomic mass is 10.1. The number of benzene rings is 1. The summed E-state index contributed by atoms with van der Waals surface area (Å²) in [5.41, 5.74) is 2.70. The van der Waals surface area contributed by atoms with Crippen LogP contribution < -0.4 is 0 Å². The first-order valence-electron chi connectivity index (χ1n) is 4.97. The second kappa shape index (κ2) is 4.34. The molecule has 0 aliphatic rings. The van der Waals surface area contributed by atoms with E-state index in [4.69, 9.17) is 0 Å². The number of nitrogens with one attached hydrogen (secondary N) is 1. The molecule has 84 valence electrons. The number of halogens is 2. The Morgan fingerprint density at radius 1 is 1.44 bits per heavy atom. The fourth-order valence-corrected chi connectivity index (χ4v) is 2.41. The smallest absolute Gasteiger partial charge is 0.178 e. The molecule has 16 heavy (non-hydrogen) atoms. The largest absolute Gasteiger partial charge is 0.358 e. The Labute approximate surface area is 111 Å². The molecule has 1 heterocycles. The molecule has 0 saturated carbocycles. The van der Waals surface area contributed by atoms with E-state index in [0.29, 0.717) is 0 Å². The summed E-state index contributed by atoms with van der Waals surface area (Å²) in [7, 11) is 0. The lowest BCUT2D eigenvalue weighted by Gasteiger charge is -2.02. The summed E-state index contributed by atoms with van der Waals surface area (Å²) in [6, 6.07) is 5.91. The minimum atomic E-state index is -0.163. The number of aryl methyl sites for hydroxylation is 1. The van der Waals surface area contributed by atoms with Gasteiger partial charge in [0.15, 0.2) is 5.78 Å². The van der Waals surface area contributed by atoms with E-state index in [1.807, 2.05) is 32.0 Å². The molecule has 0 aliphatic heterocycles. The number of carbonyl (C=O) groups is 1. The van der Waals surface area contributed by atoms with Crippen LogP contribution in [0.2, 0.25) is 0 Å². The lowest BCUT2D eigenvalue weighted by Crippen LogP contribution is -2.10. The zero-order valence-corrected chi connectivity index (χ0v) is 12.1. The van der Waals surface area contributed by atoms with Crippen LogP contribution >= 0.6 is 31.9 Å². The SMILES string of the molecule is Cc1[nH]c2ccc(Br)cc2c1C(=O)[C@H](C)Br. The molecule has 2 aromatic rings. The first-order chi connectivity index (χ1) is 7.50. The molecule has 2 nitrogen and oxygen atoms in total. The molecule has 0 aliphatic carbocycles. The summed E-state index contributed by atoms with van der Waals surface area (Å²) < 4.78 is 0.982. The molecule has 0 bridgehead atoms. The Balaban J connectivity index is 2.72. The van der Waals surface area contributed by atoms with Crippen LogP contribution in [-0.2, 0) is 0 Å². The van der Waals surface area contributed by atoms with Crippen LogP contribution in [0.1, 0.15) is 23.0 Å². The summed E-state index contributed by atoms with van der Waals surface area (Å²) in [6.07, 6.45) is 0. The third-order valence-electron chi connectivity index (χ3n) is 2.56. The van der Waals surface area contributed by atoms with E-state index in [1.54, 1.807) is 0 Å². The van der Waals surface area contributed by atoms with Crippen molar-refractivity contribution >= 4 is 48.5 Å². The van der Waals surface area contributed by atoms with Crippen molar-refractivity contribution in [2.75, 3.05) is 0 Å². The van der Waals surface area contributed by atoms with Gasteiger partial charge in [-0.25, -0.2) is 0 Å². The molecule has 1 N–H and O–H groups in total. The summed E-state index contributed by atoms with van der Waals surface area (Å²) in [5.74, 6) is 0.113. The van der Waals surface area contributed by atoms with E-state index in [0.717, 1.165) is 26.6 Å². The molecular formula is C12H11Br2NO. The number of alkyl halides is 1. The Kier molecular flexibility index (Phi) is 3.22. The molecule has 1 atom stereocenters. The topological polar surface area (TPSA) is 32.9 Å². The predicted octanol–water partition coefficient (Wildman–Crippen LogP) is 4.20. The summed E-state index contributed by atoms with van der Waals surface area (Å²) >= 11 is 6.75. The highest BCUT2D eigenvalue weighted by Crippen LogP contribution is 2.27. The minimum absolute atomic E-state index is 0.113. The van der Waals surface area contributed by atoms with Crippen molar-refractivity contribution in [1.29, 1.82) is 0 Å². The van der Waals surface area contributed by atoms with Gasteiger partial charge in [-0.1, -0.05) is 31.9 Å². The van der Waals surface area contributed by atoms with Gasteiger partial charge in [0.2, 0.25) is 0 Å². The monoisotopic (exact) mass is 343 g/mol. The molecular weight excluding hydrogens is 334 g/mol. The van der Waals surface area contributed by atoms with Gasteiger partial charge in [0.05, 0.1) is 4.83 Å². The first kappa shape index (κ1) is 11.9. The maximum absolute atomic E-state index is 12.1. The molecule has 0 amide bonds. The van der Waals surface area contributed by atoms with Crippen molar-refractivity contribution in [3.8, 4) is 0 Å². The van der Waals surface area contributed by atoms with Crippen molar-refractivity contribution in [2.24, 2.45) is 0 Å². The summed E-state index contributed by atoms with van der Waals surface area (Å²) in [6.45, 7) is 3.77. The molecule has 4 heteroatoms. The van der Waals surface area contributed by atoms with Crippen molar-refractivity contribution < 1.29 is 4.79 Å². The van der Waals surface area contributed by atoms with E-state index in [1.165, 1.54) is 0 Å². The van der Waals surface area contributed by atoms with Gasteiger partial charge in [-0.05, 0) is 32.0 Å². The fraction of sp³-hybridized carbons (Fsp3) is 0.250. The van der Waals surface area contributed by atoms with Crippen molar-refractivity contribution in [3.05, 3.63) is 33.9 Å². The van der Waals surface area contributed by atoms with Crippen LogP contribution in [0.3, 0.4) is 0 Å². The third kappa shape index (κ3) is 1.96. The maximum Gasteiger partial charge on any atom is 0.178 e. The Morgan fingerprint density at radius 3 is 2.75 bits per heavy atom. The molecule has 0 fully saturated rings. The number of rotatable bonds is 2. The highest BCUT2D eigenvalue weighted by molar-refractivity contribution is 9.10. The van der Waals surface area contributed by atoms with E-state index < -0.39 is 0 Å². The van der Waals surface area contributed by atoms with Crippen molar-refractivity contribution in [3.63, 3.8) is 0 Å². The second-order valence-electron chi connectivity index (χ2n) is 3.80. The van der Waals surface area contributed by atoms with Gasteiger partial charge in [-0.2, -0.15) is 0 Å². The predicted molar refractivity (Wildman–Crippen MR) is 73.5 cm³/mol. The summed E-state index contributed by atoms with van der Waals surface area (Å²) in [4.78, 5) is 15.1. The summed E-state index contributed by atoms with van der Waals surface area (Å²) in [5, 5.41) is 0.975. The highest BCUT2D eigenvalue weighted by Gasteiger charge is 2.19. The number of fused-ring (bicyclic) bond motifs is 1. The van der Waals surface area contributed by atoms with E-state index in [2.05, 4.69) is 36.8 Å². The molecule has 2 rings (SSSR count). The number of ketones is 1. The number of carbonyl (C=O) groups excluding carboxylic acids is 1. The zero-order valence-electron chi connectivity index (χ0n) is 8.97. The van der Waals surface area contributed by atoms with E-state index >= 15 is 0 Å². The van der Waals surface area contributed by atoms with Gasteiger partial charge < -0.3 is 4.98 Å². The molecule has 1 aromatic heterocycles. The zero-order chi connectivity index (χ0) is 11.9. The van der Waals surface area contributed by atoms with E-state index in [9.17, 15) is 4.79 Å². The van der Waals surface area contributed by atoms with Gasteiger partial charge >= 0.3 is 0 Å². The number of hydrogen-bond donors (Lipinski definition) is 1. The Hall–Kier alpha value is -0.610. The van der Waals surface area contributed by atoms with Crippen LogP contribution in [-0.4, -0.2) is 15.6 Å². The molecule has 0 saturated heterocycles. The average Bonchev–Trinajstić information content (AvgIpc) is 2.52. The Morgan fingerprint density at radius 2 is 2.12 bits per heavy atom. The lowest BCUT2D eigenvalue weighted by molar-refractivity contribution is 0.0997. The first-order valence-corrected chi connectivity index (χ1v) is 6.67. The maximum atomic E-state index is 12.1. The molecule has 0 unspecified atom stereocenters. The Bertz CT molecular complexity index is 557. The fourth-order valence-electron chi connectivity index (χ4n) is 1.82. The van der Waals surface area contributed by atoms with Crippen LogP contribution in [0.5, 0.6) is 0 Å². The minimum Gasteiger partial charge on any atom is -0.358 e. The normalized spacial score (nSPS) is 13.0. The third-order valence-corrected chi connectivity index (χ3v) is 3.46. The van der Waals surface area contributed by atoms with Crippen molar-refractivity contribution in [2.45, 2.75) is 18.7 Å². The van der Waals surface area contributed by atoms with Gasteiger partial charge in [0.1, 0.15) is 0 Å². The quantitative estimate of drug-likeness (QED) is 0.642. The van der Waals surface area contributed by atoms with Crippen molar-refractivity contribution in [1.82, 2.24) is 4.98 Å². The molecule has 0 radical (unpaired) electrons. The van der Waals surface area contributed by atoms with Crippen LogP contribution in [0.15, 0.2) is 22.7 Å². The second-order valence-corrected chi connectivity index (χ2v) is 6.08. The van der Waals surface area contributed by atoms with Crippen LogP contribution in [0, 0.1) is 6.92 Å². The number of aromatic amines is 1.